The van der Waals surface area contributed by atoms with Crippen molar-refractivity contribution in [2.75, 3.05) is 31.9 Å². The second kappa shape index (κ2) is 9.86. The van der Waals surface area contributed by atoms with E-state index in [2.05, 4.69) is 20.3 Å². The van der Waals surface area contributed by atoms with Crippen LogP contribution in [0.3, 0.4) is 0 Å². The minimum absolute atomic E-state index is 0.0581. The molecule has 0 spiro atoms. The van der Waals surface area contributed by atoms with Crippen molar-refractivity contribution in [3.8, 4) is 0 Å². The Hall–Kier alpha value is -1.68. The van der Waals surface area contributed by atoms with Crippen molar-refractivity contribution in [1.82, 2.24) is 15.4 Å². The number of benzene rings is 1. The predicted molar refractivity (Wildman–Crippen MR) is 108 cm³/mol. The van der Waals surface area contributed by atoms with Crippen molar-refractivity contribution in [2.24, 2.45) is 4.99 Å². The van der Waals surface area contributed by atoms with Crippen LogP contribution < -0.4 is 15.4 Å². The summed E-state index contributed by atoms with van der Waals surface area (Å²) in [6.45, 7) is 5.12. The number of hydrogen-bond donors (Lipinski definition) is 4. The van der Waals surface area contributed by atoms with Crippen LogP contribution in [0.1, 0.15) is 24.8 Å². The summed E-state index contributed by atoms with van der Waals surface area (Å²) in [5.41, 5.74) is 0. The van der Waals surface area contributed by atoms with Gasteiger partial charge in [0.1, 0.15) is 6.10 Å². The standard InChI is InChI=1S/C17H26N4O3S2/c1-3-18-17(19-9-10-21-26(23,24)4-2)20-12-14(22)16-11-13-7-5-6-8-15(13)25-16/h5-8,11,14,21-22H,3-4,9-10,12H2,1-2H3,(H2,18,19,20). The van der Waals surface area contributed by atoms with Crippen molar-refractivity contribution >= 4 is 37.4 Å². The summed E-state index contributed by atoms with van der Waals surface area (Å²) >= 11 is 1.56. The fraction of sp³-hybridized carbons (Fsp3) is 0.471. The SMILES string of the molecule is CCNC(=NCC(O)c1cc2ccccc2s1)NCCNS(=O)(=O)CC. The molecular weight excluding hydrogens is 372 g/mol. The summed E-state index contributed by atoms with van der Waals surface area (Å²) in [6, 6.07) is 9.99. The number of sulfonamides is 1. The van der Waals surface area contributed by atoms with Gasteiger partial charge >= 0.3 is 0 Å². The van der Waals surface area contributed by atoms with Crippen LogP contribution in [0.25, 0.3) is 10.1 Å². The van der Waals surface area contributed by atoms with Gasteiger partial charge in [-0.15, -0.1) is 11.3 Å². The Kier molecular flexibility index (Phi) is 7.83. The Balaban J connectivity index is 1.90. The molecule has 0 bridgehead atoms. The van der Waals surface area contributed by atoms with E-state index in [9.17, 15) is 13.5 Å². The van der Waals surface area contributed by atoms with Gasteiger partial charge in [-0.1, -0.05) is 18.2 Å². The summed E-state index contributed by atoms with van der Waals surface area (Å²) < 4.78 is 26.4. The van der Waals surface area contributed by atoms with E-state index in [1.807, 2.05) is 37.3 Å². The molecule has 4 N–H and O–H groups in total. The number of hydrogen-bond acceptors (Lipinski definition) is 5. The number of aliphatic hydroxyl groups excluding tert-OH is 1. The molecule has 26 heavy (non-hydrogen) atoms. The molecule has 144 valence electrons. The lowest BCUT2D eigenvalue weighted by molar-refractivity contribution is 0.191. The highest BCUT2D eigenvalue weighted by atomic mass is 32.2. The minimum atomic E-state index is -3.19. The summed E-state index contributed by atoms with van der Waals surface area (Å²) in [6.07, 6.45) is -0.679. The topological polar surface area (TPSA) is 103 Å². The molecule has 1 unspecified atom stereocenters. The van der Waals surface area contributed by atoms with Crippen LogP contribution in [0.5, 0.6) is 0 Å². The van der Waals surface area contributed by atoms with E-state index in [0.29, 0.717) is 19.0 Å². The first-order valence-corrected chi connectivity index (χ1v) is 11.1. The van der Waals surface area contributed by atoms with Crippen molar-refractivity contribution in [1.29, 1.82) is 0 Å². The first kappa shape index (κ1) is 20.6. The highest BCUT2D eigenvalue weighted by Crippen LogP contribution is 2.29. The zero-order chi connectivity index (χ0) is 19.0. The van der Waals surface area contributed by atoms with Gasteiger partial charge in [-0.3, -0.25) is 4.99 Å². The molecule has 0 saturated heterocycles. The first-order valence-electron chi connectivity index (χ1n) is 8.61. The van der Waals surface area contributed by atoms with Gasteiger partial charge in [-0.25, -0.2) is 13.1 Å². The molecule has 0 fully saturated rings. The Morgan fingerprint density at radius 3 is 2.69 bits per heavy atom. The lowest BCUT2D eigenvalue weighted by Crippen LogP contribution is -2.42. The fourth-order valence-corrected chi connectivity index (χ4v) is 3.92. The predicted octanol–water partition coefficient (Wildman–Crippen LogP) is 1.43. The van der Waals surface area contributed by atoms with Crippen molar-refractivity contribution in [2.45, 2.75) is 20.0 Å². The Labute approximate surface area is 158 Å². The highest BCUT2D eigenvalue weighted by Gasteiger charge is 2.11. The second-order valence-electron chi connectivity index (χ2n) is 5.65. The molecule has 0 saturated carbocycles. The number of nitrogens with zero attached hydrogens (tertiary/aromatic N) is 1. The van der Waals surface area contributed by atoms with Gasteiger partial charge < -0.3 is 15.7 Å². The molecule has 0 aliphatic heterocycles. The van der Waals surface area contributed by atoms with Crippen LogP contribution in [0.4, 0.5) is 0 Å². The monoisotopic (exact) mass is 398 g/mol. The van der Waals surface area contributed by atoms with Gasteiger partial charge in [0.2, 0.25) is 10.0 Å². The van der Waals surface area contributed by atoms with E-state index in [-0.39, 0.29) is 18.8 Å². The van der Waals surface area contributed by atoms with Crippen LogP contribution in [-0.2, 0) is 10.0 Å². The molecule has 0 amide bonds. The quantitative estimate of drug-likeness (QED) is 0.291. The van der Waals surface area contributed by atoms with Gasteiger partial charge in [-0.05, 0) is 31.4 Å². The summed E-state index contributed by atoms with van der Waals surface area (Å²) in [5.74, 6) is 0.603. The van der Waals surface area contributed by atoms with Gasteiger partial charge in [-0.2, -0.15) is 0 Å². The van der Waals surface area contributed by atoms with Crippen molar-refractivity contribution in [3.05, 3.63) is 35.2 Å². The van der Waals surface area contributed by atoms with E-state index in [4.69, 9.17) is 0 Å². The number of thiophene rings is 1. The Morgan fingerprint density at radius 2 is 2.00 bits per heavy atom. The van der Waals surface area contributed by atoms with Gasteiger partial charge in [0.25, 0.3) is 0 Å². The van der Waals surface area contributed by atoms with E-state index >= 15 is 0 Å². The maximum absolute atomic E-state index is 11.4. The third kappa shape index (κ3) is 6.24. The van der Waals surface area contributed by atoms with E-state index in [1.54, 1.807) is 18.3 Å². The first-order chi connectivity index (χ1) is 12.4. The Bertz CT molecular complexity index is 800. The molecule has 2 aromatic rings. The molecular formula is C17H26N4O3S2. The largest absolute Gasteiger partial charge is 0.386 e. The summed E-state index contributed by atoms with van der Waals surface area (Å²) in [5, 5.41) is 17.7. The molecule has 0 aliphatic carbocycles. The number of nitrogens with one attached hydrogen (secondary N) is 3. The number of aliphatic imine (C=N–C) groups is 1. The fourth-order valence-electron chi connectivity index (χ4n) is 2.27. The second-order valence-corrected chi connectivity index (χ2v) is 8.86. The number of aliphatic hydroxyl groups is 1. The van der Waals surface area contributed by atoms with E-state index in [1.165, 1.54) is 0 Å². The normalized spacial score (nSPS) is 13.7. The van der Waals surface area contributed by atoms with Crippen LogP contribution in [0, 0.1) is 0 Å². The average molecular weight is 399 g/mol. The van der Waals surface area contributed by atoms with Crippen LogP contribution in [0.2, 0.25) is 0 Å². The zero-order valence-corrected chi connectivity index (χ0v) is 16.7. The van der Waals surface area contributed by atoms with Gasteiger partial charge in [0.15, 0.2) is 5.96 Å². The van der Waals surface area contributed by atoms with Crippen molar-refractivity contribution < 1.29 is 13.5 Å². The van der Waals surface area contributed by atoms with E-state index < -0.39 is 16.1 Å². The van der Waals surface area contributed by atoms with Crippen molar-refractivity contribution in [3.63, 3.8) is 0 Å². The number of fused-ring (bicyclic) bond motifs is 1. The molecule has 7 nitrogen and oxygen atoms in total. The van der Waals surface area contributed by atoms with E-state index in [0.717, 1.165) is 15.0 Å². The van der Waals surface area contributed by atoms with Gasteiger partial charge in [0, 0.05) is 29.2 Å². The van der Waals surface area contributed by atoms with Crippen LogP contribution >= 0.6 is 11.3 Å². The lowest BCUT2D eigenvalue weighted by atomic mass is 10.2. The molecule has 1 aromatic heterocycles. The minimum Gasteiger partial charge on any atom is -0.386 e. The number of guanidine groups is 1. The maximum atomic E-state index is 11.4. The molecule has 0 aliphatic rings. The summed E-state index contributed by atoms with van der Waals surface area (Å²) in [7, 11) is -3.19. The summed E-state index contributed by atoms with van der Waals surface area (Å²) in [4.78, 5) is 5.26. The van der Waals surface area contributed by atoms with Gasteiger partial charge in [0.05, 0.1) is 12.3 Å². The Morgan fingerprint density at radius 1 is 1.23 bits per heavy atom. The molecule has 1 atom stereocenters. The number of rotatable bonds is 9. The molecule has 1 aromatic carbocycles. The maximum Gasteiger partial charge on any atom is 0.211 e. The molecule has 9 heteroatoms. The third-order valence-corrected chi connectivity index (χ3v) is 6.28. The van der Waals surface area contributed by atoms with Crippen LogP contribution in [0.15, 0.2) is 35.3 Å². The molecule has 2 rings (SSSR count). The zero-order valence-electron chi connectivity index (χ0n) is 15.0. The van der Waals surface area contributed by atoms with Crippen LogP contribution in [-0.4, -0.2) is 51.4 Å². The molecule has 0 radical (unpaired) electrons. The molecule has 1 heterocycles. The lowest BCUT2D eigenvalue weighted by Gasteiger charge is -2.13. The smallest absolute Gasteiger partial charge is 0.211 e. The average Bonchev–Trinajstić information content (AvgIpc) is 3.07. The third-order valence-electron chi connectivity index (χ3n) is 3.66. The highest BCUT2D eigenvalue weighted by molar-refractivity contribution is 7.89.